The van der Waals surface area contributed by atoms with Crippen molar-refractivity contribution in [3.8, 4) is 17.2 Å². The Morgan fingerprint density at radius 2 is 1.74 bits per heavy atom. The number of thiocarbonyl (C=S) groups is 1. The van der Waals surface area contributed by atoms with Crippen LogP contribution in [0.1, 0.15) is 11.1 Å². The van der Waals surface area contributed by atoms with Gasteiger partial charge in [-0.1, -0.05) is 54.3 Å². The number of thioether (sulfide) groups is 1. The van der Waals surface area contributed by atoms with Crippen LogP contribution >= 0.6 is 24.0 Å². The molecule has 0 radical (unpaired) electrons. The van der Waals surface area contributed by atoms with Crippen molar-refractivity contribution in [1.82, 2.24) is 0 Å². The fraction of sp³-hybridized carbons (Fsp3) is 0.120. The van der Waals surface area contributed by atoms with Crippen molar-refractivity contribution in [3.05, 3.63) is 92.9 Å². The third-order valence-electron chi connectivity index (χ3n) is 5.16. The van der Waals surface area contributed by atoms with E-state index in [0.717, 1.165) is 17.3 Å². The van der Waals surface area contributed by atoms with Crippen LogP contribution in [0.4, 0.5) is 11.4 Å². The predicted molar refractivity (Wildman–Crippen MR) is 139 cm³/mol. The second-order valence-electron chi connectivity index (χ2n) is 7.31. The monoisotopic (exact) mass is 508 g/mol. The van der Waals surface area contributed by atoms with Crippen molar-refractivity contribution in [1.29, 1.82) is 0 Å². The smallest absolute Gasteiger partial charge is 0.280 e. The Bertz CT molecular complexity index is 1310. The number of rotatable bonds is 8. The van der Waals surface area contributed by atoms with Gasteiger partial charge in [-0.2, -0.15) is 0 Å². The van der Waals surface area contributed by atoms with E-state index in [-0.39, 0.29) is 34.4 Å². The first kappa shape index (κ1) is 24.2. The Balaban J connectivity index is 1.65. The summed E-state index contributed by atoms with van der Waals surface area (Å²) in [4.78, 5) is 26.1. The summed E-state index contributed by atoms with van der Waals surface area (Å²) >= 11 is 6.48. The molecule has 0 spiro atoms. The van der Waals surface area contributed by atoms with E-state index in [1.54, 1.807) is 31.4 Å². The molecule has 1 amide bonds. The lowest BCUT2D eigenvalue weighted by molar-refractivity contribution is -0.385. The molecule has 35 heavy (non-hydrogen) atoms. The number of nitro groups is 1. The van der Waals surface area contributed by atoms with Gasteiger partial charge in [0.25, 0.3) is 11.6 Å². The van der Waals surface area contributed by atoms with E-state index in [1.807, 2.05) is 30.3 Å². The second kappa shape index (κ2) is 10.6. The molecule has 1 heterocycles. The number of benzene rings is 3. The zero-order valence-corrected chi connectivity index (χ0v) is 20.4. The number of methoxy groups -OCH3 is 2. The maximum Gasteiger partial charge on any atom is 0.280 e. The average molecular weight is 509 g/mol. The molecular formula is C25H20N2O6S2. The molecule has 8 nitrogen and oxygen atoms in total. The van der Waals surface area contributed by atoms with Crippen molar-refractivity contribution >= 4 is 51.7 Å². The summed E-state index contributed by atoms with van der Waals surface area (Å²) in [5.74, 6) is 0.810. The van der Waals surface area contributed by atoms with E-state index in [1.165, 1.54) is 30.2 Å². The van der Waals surface area contributed by atoms with Gasteiger partial charge in [-0.25, -0.2) is 0 Å². The molecule has 0 unspecified atom stereocenters. The van der Waals surface area contributed by atoms with Crippen LogP contribution in [0.3, 0.4) is 0 Å². The topological polar surface area (TPSA) is 91.1 Å². The van der Waals surface area contributed by atoms with Crippen molar-refractivity contribution in [2.45, 2.75) is 6.61 Å². The van der Waals surface area contributed by atoms with Crippen LogP contribution in [0.5, 0.6) is 17.2 Å². The van der Waals surface area contributed by atoms with Gasteiger partial charge in [-0.3, -0.25) is 19.8 Å². The molecule has 0 aliphatic carbocycles. The third-order valence-corrected chi connectivity index (χ3v) is 6.46. The lowest BCUT2D eigenvalue weighted by Crippen LogP contribution is -2.27. The fourth-order valence-corrected chi connectivity index (χ4v) is 4.70. The molecule has 3 aromatic rings. The molecule has 0 N–H and O–H groups in total. The molecular weight excluding hydrogens is 488 g/mol. The van der Waals surface area contributed by atoms with E-state index in [2.05, 4.69) is 0 Å². The van der Waals surface area contributed by atoms with Crippen molar-refractivity contribution < 1.29 is 23.9 Å². The van der Waals surface area contributed by atoms with E-state index in [0.29, 0.717) is 21.5 Å². The predicted octanol–water partition coefficient (Wildman–Crippen LogP) is 5.60. The van der Waals surface area contributed by atoms with Crippen molar-refractivity contribution in [2.24, 2.45) is 0 Å². The summed E-state index contributed by atoms with van der Waals surface area (Å²) in [7, 11) is 3.00. The summed E-state index contributed by atoms with van der Waals surface area (Å²) in [6.07, 6.45) is 1.45. The molecule has 178 valence electrons. The highest BCUT2D eigenvalue weighted by molar-refractivity contribution is 8.27. The number of ether oxygens (including phenoxy) is 3. The molecule has 0 saturated carbocycles. The minimum absolute atomic E-state index is 0.203. The SMILES string of the molecule is COc1ccc(N2C(=O)/C(=C/c3cc(OC)c(OCc4ccccc4)cc3[N+](=O)[O-])SC2=S)cc1. The number of carbonyl (C=O) groups excluding carboxylic acids is 1. The largest absolute Gasteiger partial charge is 0.497 e. The van der Waals surface area contributed by atoms with Gasteiger partial charge in [0, 0.05) is 0 Å². The fourth-order valence-electron chi connectivity index (χ4n) is 3.41. The molecule has 1 saturated heterocycles. The number of amides is 1. The van der Waals surface area contributed by atoms with E-state index < -0.39 is 4.92 Å². The Kier molecular flexibility index (Phi) is 7.33. The highest BCUT2D eigenvalue weighted by Gasteiger charge is 2.34. The number of hydrogen-bond donors (Lipinski definition) is 0. The molecule has 1 aliphatic rings. The van der Waals surface area contributed by atoms with Gasteiger partial charge >= 0.3 is 0 Å². The summed E-state index contributed by atoms with van der Waals surface area (Å²) < 4.78 is 16.7. The normalized spacial score (nSPS) is 14.3. The van der Waals surface area contributed by atoms with Gasteiger partial charge in [-0.05, 0) is 42.0 Å². The van der Waals surface area contributed by atoms with Crippen LogP contribution in [-0.4, -0.2) is 29.4 Å². The second-order valence-corrected chi connectivity index (χ2v) is 8.98. The molecule has 0 atom stereocenters. The summed E-state index contributed by atoms with van der Waals surface area (Å²) in [5, 5.41) is 11.9. The molecule has 0 aromatic heterocycles. The number of carbonyl (C=O) groups is 1. The summed E-state index contributed by atoms with van der Waals surface area (Å²) in [6, 6.07) is 19.1. The van der Waals surface area contributed by atoms with Crippen LogP contribution in [0, 0.1) is 10.1 Å². The Labute approximate surface area is 211 Å². The van der Waals surface area contributed by atoms with Gasteiger partial charge in [0.15, 0.2) is 15.8 Å². The van der Waals surface area contributed by atoms with Crippen LogP contribution in [0.25, 0.3) is 6.08 Å². The minimum Gasteiger partial charge on any atom is -0.497 e. The molecule has 10 heteroatoms. The highest BCUT2D eigenvalue weighted by Crippen LogP contribution is 2.40. The zero-order chi connectivity index (χ0) is 24.9. The van der Waals surface area contributed by atoms with Crippen LogP contribution in [0.2, 0.25) is 0 Å². The van der Waals surface area contributed by atoms with Gasteiger partial charge in [0.05, 0.1) is 41.4 Å². The maximum absolute atomic E-state index is 13.1. The van der Waals surface area contributed by atoms with Crippen LogP contribution in [-0.2, 0) is 11.4 Å². The van der Waals surface area contributed by atoms with E-state index >= 15 is 0 Å². The van der Waals surface area contributed by atoms with Crippen LogP contribution < -0.4 is 19.1 Å². The number of nitro benzene ring substituents is 1. The van der Waals surface area contributed by atoms with Crippen LogP contribution in [0.15, 0.2) is 71.6 Å². The van der Waals surface area contributed by atoms with Crippen molar-refractivity contribution in [2.75, 3.05) is 19.1 Å². The van der Waals surface area contributed by atoms with Gasteiger partial charge in [0.1, 0.15) is 12.4 Å². The highest BCUT2D eigenvalue weighted by atomic mass is 32.2. The molecule has 1 aliphatic heterocycles. The Morgan fingerprint density at radius 3 is 2.37 bits per heavy atom. The maximum atomic E-state index is 13.1. The molecule has 1 fully saturated rings. The van der Waals surface area contributed by atoms with E-state index in [4.69, 9.17) is 26.4 Å². The van der Waals surface area contributed by atoms with Gasteiger partial charge in [-0.15, -0.1) is 0 Å². The number of nitrogens with zero attached hydrogens (tertiary/aromatic N) is 2. The third kappa shape index (κ3) is 5.28. The first-order valence-electron chi connectivity index (χ1n) is 10.4. The van der Waals surface area contributed by atoms with Gasteiger partial charge in [0.2, 0.25) is 0 Å². The summed E-state index contributed by atoms with van der Waals surface area (Å²) in [5.41, 5.74) is 1.47. The lowest BCUT2D eigenvalue weighted by Gasteiger charge is -2.14. The zero-order valence-electron chi connectivity index (χ0n) is 18.8. The number of hydrogen-bond acceptors (Lipinski definition) is 8. The first-order chi connectivity index (χ1) is 16.9. The summed E-state index contributed by atoms with van der Waals surface area (Å²) in [6.45, 7) is 0.216. The molecule has 0 bridgehead atoms. The first-order valence-corrected chi connectivity index (χ1v) is 11.6. The quantitative estimate of drug-likeness (QED) is 0.168. The Morgan fingerprint density at radius 1 is 1.03 bits per heavy atom. The van der Waals surface area contributed by atoms with Crippen molar-refractivity contribution in [3.63, 3.8) is 0 Å². The average Bonchev–Trinajstić information content (AvgIpc) is 3.15. The van der Waals surface area contributed by atoms with E-state index in [9.17, 15) is 14.9 Å². The van der Waals surface area contributed by atoms with Gasteiger partial charge < -0.3 is 14.2 Å². The standard InChI is InChI=1S/C25H20N2O6S2/c1-31-19-10-8-18(9-11-19)26-24(28)23(35-25(26)34)13-17-12-21(32-2)22(14-20(17)27(29)30)33-15-16-6-4-3-5-7-16/h3-14H,15H2,1-2H3/b23-13-. The minimum atomic E-state index is -0.523. The lowest BCUT2D eigenvalue weighted by atomic mass is 10.1. The Hall–Kier alpha value is -3.89. The molecule has 3 aromatic carbocycles. The molecule has 4 rings (SSSR count). The number of anilines is 1.